The molecule has 6 atom stereocenters. The lowest BCUT2D eigenvalue weighted by Crippen LogP contribution is -2.53. The minimum atomic E-state index is -1.42. The number of fused-ring (bicyclic) bond motifs is 4. The second kappa shape index (κ2) is 11.3. The van der Waals surface area contributed by atoms with Crippen molar-refractivity contribution in [2.24, 2.45) is 23.7 Å². The van der Waals surface area contributed by atoms with E-state index >= 15 is 4.79 Å². The Morgan fingerprint density at radius 2 is 1.45 bits per heavy atom. The van der Waals surface area contributed by atoms with Gasteiger partial charge in [-0.1, -0.05) is 77.8 Å². The number of nitrogens with zero attached hydrogens (tertiary/aromatic N) is 2. The lowest BCUT2D eigenvalue weighted by atomic mass is 9.49. The summed E-state index contributed by atoms with van der Waals surface area (Å²) in [6.07, 6.45) is 2.30. The first-order valence-corrected chi connectivity index (χ1v) is 16.4. The van der Waals surface area contributed by atoms with E-state index in [9.17, 15) is 29.4 Å². The number of rotatable bonds is 5. The van der Waals surface area contributed by atoms with Gasteiger partial charge in [0, 0.05) is 10.9 Å². The molecule has 49 heavy (non-hydrogen) atoms. The maximum Gasteiger partial charge on any atom is 0.335 e. The highest BCUT2D eigenvalue weighted by Gasteiger charge is 2.70. The molecule has 10 heteroatoms. The van der Waals surface area contributed by atoms with Gasteiger partial charge in [0.25, 0.3) is 0 Å². The van der Waals surface area contributed by atoms with Gasteiger partial charge < -0.3 is 10.2 Å². The lowest BCUT2D eigenvalue weighted by Gasteiger charge is -2.50. The number of halogens is 1. The minimum Gasteiger partial charge on any atom is -0.508 e. The molecular formula is C39H29ClN2O7. The first-order chi connectivity index (χ1) is 23.6. The zero-order chi connectivity index (χ0) is 34.2. The van der Waals surface area contributed by atoms with Crippen LogP contribution in [0.5, 0.6) is 5.75 Å². The SMILES string of the molecule is O=C(O)c1cccc(N2C(=O)C3CC=C4C(CC5C(=O)N(c6cccc(Cl)c6)C(=O)C5(c5ccccc5)C4c4ccc(O)cc4)C3C2=O)c1. The molecule has 4 aromatic carbocycles. The molecule has 0 spiro atoms. The molecule has 6 unspecified atom stereocenters. The number of amides is 4. The average Bonchev–Trinajstić information content (AvgIpc) is 3.49. The van der Waals surface area contributed by atoms with Gasteiger partial charge in [0.05, 0.1) is 40.1 Å². The number of hydrogen-bond acceptors (Lipinski definition) is 6. The van der Waals surface area contributed by atoms with Crippen LogP contribution in [0.15, 0.2) is 115 Å². The summed E-state index contributed by atoms with van der Waals surface area (Å²) < 4.78 is 0. The number of aromatic hydroxyl groups is 1. The normalized spacial score (nSPS) is 27.4. The van der Waals surface area contributed by atoms with Gasteiger partial charge in [0.2, 0.25) is 23.6 Å². The number of carbonyl (C=O) groups is 5. The van der Waals surface area contributed by atoms with Crippen LogP contribution in [0.25, 0.3) is 0 Å². The van der Waals surface area contributed by atoms with Crippen molar-refractivity contribution in [3.63, 3.8) is 0 Å². The molecule has 4 aromatic rings. The molecule has 2 heterocycles. The Bertz CT molecular complexity index is 2110. The summed E-state index contributed by atoms with van der Waals surface area (Å²) in [6, 6.07) is 28.1. The van der Waals surface area contributed by atoms with E-state index in [4.69, 9.17) is 11.6 Å². The number of allylic oxidation sites excluding steroid dienone is 2. The fourth-order valence-corrected chi connectivity index (χ4v) is 9.00. The van der Waals surface area contributed by atoms with Gasteiger partial charge in [0.15, 0.2) is 0 Å². The lowest BCUT2D eigenvalue weighted by molar-refractivity contribution is -0.127. The maximum absolute atomic E-state index is 15.2. The van der Waals surface area contributed by atoms with Gasteiger partial charge in [-0.05, 0) is 78.4 Å². The fraction of sp³-hybridized carbons (Fsp3) is 0.205. The van der Waals surface area contributed by atoms with Crippen LogP contribution in [0.3, 0.4) is 0 Å². The van der Waals surface area contributed by atoms with Crippen molar-refractivity contribution in [3.05, 3.63) is 136 Å². The average molecular weight is 673 g/mol. The summed E-state index contributed by atoms with van der Waals surface area (Å²) in [6.45, 7) is 0. The van der Waals surface area contributed by atoms with Crippen LogP contribution in [-0.2, 0) is 24.6 Å². The van der Waals surface area contributed by atoms with Gasteiger partial charge in [-0.15, -0.1) is 0 Å². The first-order valence-electron chi connectivity index (χ1n) is 16.0. The van der Waals surface area contributed by atoms with Crippen LogP contribution in [0, 0.1) is 23.7 Å². The summed E-state index contributed by atoms with van der Waals surface area (Å²) in [5.74, 6) is -6.69. The number of aromatic carboxylic acids is 1. The zero-order valence-electron chi connectivity index (χ0n) is 25.9. The molecule has 4 aliphatic rings. The summed E-state index contributed by atoms with van der Waals surface area (Å²) >= 11 is 6.36. The number of hydrogen-bond donors (Lipinski definition) is 2. The number of anilines is 2. The summed E-state index contributed by atoms with van der Waals surface area (Å²) in [5, 5.41) is 20.2. The molecule has 2 N–H and O–H groups in total. The third-order valence-corrected chi connectivity index (χ3v) is 11.0. The highest BCUT2D eigenvalue weighted by atomic mass is 35.5. The first kappa shape index (κ1) is 30.8. The van der Waals surface area contributed by atoms with E-state index in [-0.39, 0.29) is 29.8 Å². The van der Waals surface area contributed by atoms with Crippen molar-refractivity contribution >= 4 is 52.6 Å². The largest absolute Gasteiger partial charge is 0.508 e. The highest BCUT2D eigenvalue weighted by Crippen LogP contribution is 2.64. The van der Waals surface area contributed by atoms with E-state index in [0.29, 0.717) is 21.8 Å². The van der Waals surface area contributed by atoms with Crippen molar-refractivity contribution in [1.82, 2.24) is 0 Å². The Labute approximate surface area is 286 Å². The van der Waals surface area contributed by atoms with Gasteiger partial charge in [0.1, 0.15) is 5.75 Å². The number of carboxylic acid groups (broad SMARTS) is 1. The fourth-order valence-electron chi connectivity index (χ4n) is 8.82. The number of benzene rings is 4. The predicted octanol–water partition coefficient (Wildman–Crippen LogP) is 6.11. The molecule has 9 nitrogen and oxygen atoms in total. The second-order valence-electron chi connectivity index (χ2n) is 13.1. The van der Waals surface area contributed by atoms with Crippen LogP contribution >= 0.6 is 11.6 Å². The second-order valence-corrected chi connectivity index (χ2v) is 13.5. The van der Waals surface area contributed by atoms with Crippen LogP contribution in [0.2, 0.25) is 5.02 Å². The highest BCUT2D eigenvalue weighted by molar-refractivity contribution is 6.32. The Kier molecular flexibility index (Phi) is 7.08. The molecule has 4 amide bonds. The van der Waals surface area contributed by atoms with Crippen molar-refractivity contribution in [2.45, 2.75) is 24.2 Å². The Morgan fingerprint density at radius 3 is 2.14 bits per heavy atom. The van der Waals surface area contributed by atoms with Crippen LogP contribution in [0.1, 0.15) is 40.2 Å². The van der Waals surface area contributed by atoms with Crippen LogP contribution in [0.4, 0.5) is 11.4 Å². The van der Waals surface area contributed by atoms with Crippen LogP contribution < -0.4 is 9.80 Å². The Morgan fingerprint density at radius 1 is 0.755 bits per heavy atom. The summed E-state index contributed by atoms with van der Waals surface area (Å²) in [7, 11) is 0. The van der Waals surface area contributed by atoms with E-state index < -0.39 is 64.6 Å². The topological polar surface area (TPSA) is 132 Å². The van der Waals surface area contributed by atoms with E-state index in [1.165, 1.54) is 41.3 Å². The molecule has 2 aliphatic carbocycles. The molecule has 0 bridgehead atoms. The molecule has 0 aromatic heterocycles. The molecular weight excluding hydrogens is 644 g/mol. The van der Waals surface area contributed by atoms with E-state index in [2.05, 4.69) is 0 Å². The van der Waals surface area contributed by atoms with Gasteiger partial charge >= 0.3 is 5.97 Å². The number of phenolic OH excluding ortho intramolecular Hbond substituents is 1. The van der Waals surface area contributed by atoms with Gasteiger partial charge in [-0.3, -0.25) is 24.1 Å². The third-order valence-electron chi connectivity index (χ3n) is 10.7. The third kappa shape index (κ3) is 4.42. The van der Waals surface area contributed by atoms with Crippen molar-refractivity contribution in [1.29, 1.82) is 0 Å². The summed E-state index contributed by atoms with van der Waals surface area (Å²) in [5.41, 5.74) is 1.14. The number of carboxylic acids is 1. The predicted molar refractivity (Wildman–Crippen MR) is 180 cm³/mol. The monoisotopic (exact) mass is 672 g/mol. The smallest absolute Gasteiger partial charge is 0.335 e. The molecule has 1 saturated carbocycles. The van der Waals surface area contributed by atoms with Crippen molar-refractivity contribution in [3.8, 4) is 5.75 Å². The number of carbonyl (C=O) groups excluding carboxylic acids is 4. The molecule has 2 aliphatic heterocycles. The quantitative estimate of drug-likeness (QED) is 0.193. The standard InChI is InChI=1S/C39H29ClN2O7/c40-24-9-5-11-26(19-24)42-35(45)31-20-30-28(16-17-29-32(30)36(46)41(34(29)44)25-10-4-6-22(18-25)37(47)48)33(21-12-14-27(43)15-13-21)39(31,38(42)49)23-7-2-1-3-8-23/h1-16,18-19,29-33,43H,17,20H2,(H,47,48). The van der Waals surface area contributed by atoms with E-state index in [0.717, 1.165) is 10.5 Å². The molecule has 244 valence electrons. The van der Waals surface area contributed by atoms with Gasteiger partial charge in [-0.2, -0.15) is 0 Å². The van der Waals surface area contributed by atoms with Crippen LogP contribution in [-0.4, -0.2) is 39.8 Å². The van der Waals surface area contributed by atoms with E-state index in [1.54, 1.807) is 36.4 Å². The van der Waals surface area contributed by atoms with Crippen molar-refractivity contribution < 1.29 is 34.2 Å². The van der Waals surface area contributed by atoms with Gasteiger partial charge in [-0.25, -0.2) is 9.69 Å². The molecule has 2 saturated heterocycles. The molecule has 8 rings (SSSR count). The maximum atomic E-state index is 15.2. The minimum absolute atomic E-state index is 0.0317. The zero-order valence-corrected chi connectivity index (χ0v) is 26.7. The Hall–Kier alpha value is -5.54. The number of phenols is 1. The summed E-state index contributed by atoms with van der Waals surface area (Å²) in [4.78, 5) is 72.3. The Balaban J connectivity index is 1.33. The molecule has 3 fully saturated rings. The number of imide groups is 2. The molecule has 0 radical (unpaired) electrons. The van der Waals surface area contributed by atoms with E-state index in [1.807, 2.05) is 36.4 Å². The van der Waals surface area contributed by atoms with Crippen molar-refractivity contribution in [2.75, 3.05) is 9.80 Å².